The second kappa shape index (κ2) is 6.96. The van der Waals surface area contributed by atoms with Crippen molar-refractivity contribution in [3.63, 3.8) is 0 Å². The minimum absolute atomic E-state index is 0.0740. The Hall–Kier alpha value is -2.60. The molecular formula is C20H24N4O2. The second-order valence-corrected chi connectivity index (χ2v) is 7.06. The molecule has 1 fully saturated rings. The van der Waals surface area contributed by atoms with Gasteiger partial charge in [-0.05, 0) is 37.1 Å². The summed E-state index contributed by atoms with van der Waals surface area (Å²) < 4.78 is 7.51. The number of fused-ring (bicyclic) bond motifs is 1. The molecule has 1 N–H and O–H groups in total. The zero-order valence-corrected chi connectivity index (χ0v) is 15.2. The van der Waals surface area contributed by atoms with Crippen LogP contribution >= 0.6 is 0 Å². The van der Waals surface area contributed by atoms with Crippen molar-refractivity contribution in [1.82, 2.24) is 19.4 Å². The van der Waals surface area contributed by atoms with Crippen LogP contribution in [0.1, 0.15) is 30.0 Å². The normalized spacial score (nSPS) is 18.3. The predicted octanol–water partition coefficient (Wildman–Crippen LogP) is 2.65. The van der Waals surface area contributed by atoms with Gasteiger partial charge in [-0.3, -0.25) is 9.69 Å². The average Bonchev–Trinajstić information content (AvgIpc) is 2.97. The van der Waals surface area contributed by atoms with Crippen molar-refractivity contribution in [2.24, 2.45) is 7.05 Å². The van der Waals surface area contributed by atoms with Crippen LogP contribution in [0.25, 0.3) is 10.9 Å². The van der Waals surface area contributed by atoms with Crippen LogP contribution in [0.2, 0.25) is 0 Å². The number of hydrogen-bond donors (Lipinski definition) is 1. The standard InChI is InChI=1S/C20H24N4O2/c1-23-10-15(17-6-5-16(26-2)8-19(17)23)12-24-7-3-4-14(11-24)18-9-20(25)22-13-21-18/h5-6,8-10,13-14H,3-4,7,11-12H2,1-2H3,(H,21,22,25). The first-order valence-electron chi connectivity index (χ1n) is 9.03. The number of piperidine rings is 1. The summed E-state index contributed by atoms with van der Waals surface area (Å²) in [6, 6.07) is 7.88. The van der Waals surface area contributed by atoms with Gasteiger partial charge in [0.25, 0.3) is 5.56 Å². The lowest BCUT2D eigenvalue weighted by Crippen LogP contribution is -2.34. The van der Waals surface area contributed by atoms with Gasteiger partial charge in [-0.2, -0.15) is 0 Å². The van der Waals surface area contributed by atoms with Crippen LogP contribution < -0.4 is 10.3 Å². The van der Waals surface area contributed by atoms with E-state index in [1.54, 1.807) is 13.2 Å². The molecule has 6 heteroatoms. The van der Waals surface area contributed by atoms with E-state index in [0.717, 1.165) is 43.9 Å². The first kappa shape index (κ1) is 16.8. The number of aromatic nitrogens is 3. The number of H-pyrrole nitrogens is 1. The van der Waals surface area contributed by atoms with Gasteiger partial charge in [-0.25, -0.2) is 4.98 Å². The number of rotatable bonds is 4. The van der Waals surface area contributed by atoms with E-state index in [9.17, 15) is 4.79 Å². The van der Waals surface area contributed by atoms with E-state index in [-0.39, 0.29) is 5.56 Å². The summed E-state index contributed by atoms with van der Waals surface area (Å²) in [5.74, 6) is 1.20. The highest BCUT2D eigenvalue weighted by atomic mass is 16.5. The van der Waals surface area contributed by atoms with Crippen molar-refractivity contribution in [2.75, 3.05) is 20.2 Å². The number of hydrogen-bond acceptors (Lipinski definition) is 4. The minimum atomic E-state index is -0.0740. The molecular weight excluding hydrogens is 328 g/mol. The Morgan fingerprint density at radius 2 is 2.23 bits per heavy atom. The van der Waals surface area contributed by atoms with E-state index in [2.05, 4.69) is 44.8 Å². The highest BCUT2D eigenvalue weighted by Gasteiger charge is 2.23. The lowest BCUT2D eigenvalue weighted by atomic mass is 9.94. The first-order valence-corrected chi connectivity index (χ1v) is 9.03. The maximum Gasteiger partial charge on any atom is 0.250 e. The van der Waals surface area contributed by atoms with Crippen molar-refractivity contribution in [1.29, 1.82) is 0 Å². The van der Waals surface area contributed by atoms with Crippen molar-refractivity contribution in [2.45, 2.75) is 25.3 Å². The van der Waals surface area contributed by atoms with Crippen LogP contribution in [0.15, 0.2) is 41.6 Å². The maximum absolute atomic E-state index is 11.6. The molecule has 2 aromatic heterocycles. The Bertz CT molecular complexity index is 975. The van der Waals surface area contributed by atoms with E-state index < -0.39 is 0 Å². The van der Waals surface area contributed by atoms with E-state index in [1.165, 1.54) is 22.8 Å². The molecule has 3 heterocycles. The summed E-state index contributed by atoms with van der Waals surface area (Å²) in [4.78, 5) is 21.0. The lowest BCUT2D eigenvalue weighted by molar-refractivity contribution is 0.199. The summed E-state index contributed by atoms with van der Waals surface area (Å²) in [6.45, 7) is 2.92. The van der Waals surface area contributed by atoms with E-state index >= 15 is 0 Å². The molecule has 0 spiro atoms. The number of methoxy groups -OCH3 is 1. The third-order valence-electron chi connectivity index (χ3n) is 5.30. The van der Waals surface area contributed by atoms with Crippen LogP contribution in [0.3, 0.4) is 0 Å². The zero-order chi connectivity index (χ0) is 18.1. The topological polar surface area (TPSA) is 63.1 Å². The van der Waals surface area contributed by atoms with Crippen LogP contribution in [0, 0.1) is 0 Å². The van der Waals surface area contributed by atoms with Gasteiger partial charge in [0.15, 0.2) is 0 Å². The van der Waals surface area contributed by atoms with Crippen LogP contribution in [0.4, 0.5) is 0 Å². The number of likely N-dealkylation sites (tertiary alicyclic amines) is 1. The number of aromatic amines is 1. The molecule has 1 aromatic carbocycles. The lowest BCUT2D eigenvalue weighted by Gasteiger charge is -2.32. The van der Waals surface area contributed by atoms with Crippen molar-refractivity contribution in [3.8, 4) is 5.75 Å². The molecule has 0 bridgehead atoms. The Labute approximate surface area is 152 Å². The quantitative estimate of drug-likeness (QED) is 0.784. The van der Waals surface area contributed by atoms with Gasteiger partial charge in [0.1, 0.15) is 5.75 Å². The molecule has 0 radical (unpaired) electrons. The number of benzene rings is 1. The third-order valence-corrected chi connectivity index (χ3v) is 5.30. The third kappa shape index (κ3) is 3.24. The molecule has 0 amide bonds. The smallest absolute Gasteiger partial charge is 0.250 e. The summed E-state index contributed by atoms with van der Waals surface area (Å²) in [6.07, 6.45) is 5.92. The molecule has 3 aromatic rings. The zero-order valence-electron chi connectivity index (χ0n) is 15.2. The molecule has 136 valence electrons. The first-order chi connectivity index (χ1) is 12.6. The highest BCUT2D eigenvalue weighted by Crippen LogP contribution is 2.29. The molecule has 4 rings (SSSR count). The second-order valence-electron chi connectivity index (χ2n) is 7.06. The molecule has 0 aliphatic carbocycles. The van der Waals surface area contributed by atoms with Gasteiger partial charge >= 0.3 is 0 Å². The molecule has 6 nitrogen and oxygen atoms in total. The predicted molar refractivity (Wildman–Crippen MR) is 102 cm³/mol. The molecule has 26 heavy (non-hydrogen) atoms. The Morgan fingerprint density at radius 1 is 1.35 bits per heavy atom. The molecule has 1 saturated heterocycles. The van der Waals surface area contributed by atoms with Crippen molar-refractivity contribution < 1.29 is 4.74 Å². The SMILES string of the molecule is COc1ccc2c(CN3CCCC(c4cc(=O)[nH]cn4)C3)cn(C)c2c1. The Balaban J connectivity index is 1.55. The number of nitrogens with one attached hydrogen (secondary N) is 1. The van der Waals surface area contributed by atoms with Crippen molar-refractivity contribution >= 4 is 10.9 Å². The van der Waals surface area contributed by atoms with Gasteiger partial charge in [0.05, 0.1) is 24.6 Å². The Morgan fingerprint density at radius 3 is 3.04 bits per heavy atom. The summed E-state index contributed by atoms with van der Waals surface area (Å²) in [5.41, 5.74) is 3.34. The highest BCUT2D eigenvalue weighted by molar-refractivity contribution is 5.85. The average molecular weight is 352 g/mol. The molecule has 1 atom stereocenters. The Kier molecular flexibility index (Phi) is 4.51. The van der Waals surface area contributed by atoms with Crippen LogP contribution in [-0.4, -0.2) is 39.6 Å². The van der Waals surface area contributed by atoms with Crippen molar-refractivity contribution in [3.05, 3.63) is 58.4 Å². The fourth-order valence-corrected chi connectivity index (χ4v) is 3.99. The van der Waals surface area contributed by atoms with Gasteiger partial charge in [0.2, 0.25) is 0 Å². The number of aryl methyl sites for hydroxylation is 1. The van der Waals surface area contributed by atoms with Crippen LogP contribution in [0.5, 0.6) is 5.75 Å². The van der Waals surface area contributed by atoms with E-state index in [4.69, 9.17) is 4.74 Å². The van der Waals surface area contributed by atoms with Gasteiger partial charge in [-0.1, -0.05) is 0 Å². The molecule has 1 aliphatic rings. The molecule has 0 saturated carbocycles. The van der Waals surface area contributed by atoms with E-state index in [1.807, 2.05) is 6.07 Å². The number of nitrogens with zero attached hydrogens (tertiary/aromatic N) is 3. The van der Waals surface area contributed by atoms with Crippen LogP contribution in [-0.2, 0) is 13.6 Å². The monoisotopic (exact) mass is 352 g/mol. The van der Waals surface area contributed by atoms with Gasteiger partial charge in [0, 0.05) is 49.8 Å². The summed E-state index contributed by atoms with van der Waals surface area (Å²) in [5, 5.41) is 1.27. The maximum atomic E-state index is 11.6. The van der Waals surface area contributed by atoms with Gasteiger partial charge < -0.3 is 14.3 Å². The number of ether oxygens (including phenoxy) is 1. The van der Waals surface area contributed by atoms with Gasteiger partial charge in [-0.15, -0.1) is 0 Å². The molecule has 1 aliphatic heterocycles. The molecule has 1 unspecified atom stereocenters. The fourth-order valence-electron chi connectivity index (χ4n) is 3.99. The largest absolute Gasteiger partial charge is 0.497 e. The summed E-state index contributed by atoms with van der Waals surface area (Å²) in [7, 11) is 3.77. The minimum Gasteiger partial charge on any atom is -0.497 e. The summed E-state index contributed by atoms with van der Waals surface area (Å²) >= 11 is 0. The fraction of sp³-hybridized carbons (Fsp3) is 0.400. The van der Waals surface area contributed by atoms with E-state index in [0.29, 0.717) is 5.92 Å².